The van der Waals surface area contributed by atoms with Gasteiger partial charge >= 0.3 is 0 Å². The molecule has 0 atom stereocenters. The van der Waals surface area contributed by atoms with Crippen LogP contribution in [0.3, 0.4) is 0 Å². The van der Waals surface area contributed by atoms with Crippen molar-refractivity contribution in [3.8, 4) is 0 Å². The van der Waals surface area contributed by atoms with Crippen molar-refractivity contribution in [2.24, 2.45) is 0 Å². The Labute approximate surface area is 118 Å². The Morgan fingerprint density at radius 2 is 2.35 bits per heavy atom. The summed E-state index contributed by atoms with van der Waals surface area (Å²) in [5.74, 6) is 0. The van der Waals surface area contributed by atoms with E-state index >= 15 is 0 Å². The van der Waals surface area contributed by atoms with Gasteiger partial charge in [-0.3, -0.25) is 0 Å². The second kappa shape index (κ2) is 5.36. The molecule has 1 fully saturated rings. The van der Waals surface area contributed by atoms with Gasteiger partial charge in [0.25, 0.3) is 0 Å². The van der Waals surface area contributed by atoms with E-state index in [2.05, 4.69) is 20.6 Å². The van der Waals surface area contributed by atoms with Crippen molar-refractivity contribution in [2.75, 3.05) is 12.4 Å². The van der Waals surface area contributed by atoms with Crippen LogP contribution in [0.15, 0.2) is 24.5 Å². The lowest BCUT2D eigenvalue weighted by molar-refractivity contribution is 0.446. The summed E-state index contributed by atoms with van der Waals surface area (Å²) in [4.78, 5) is 7.60. The fourth-order valence-electron chi connectivity index (χ4n) is 2.52. The third kappa shape index (κ3) is 2.15. The lowest BCUT2D eigenvalue weighted by Crippen LogP contribution is -2.28. The van der Waals surface area contributed by atoms with Crippen LogP contribution in [0.2, 0.25) is 0 Å². The molecule has 1 aliphatic carbocycles. The summed E-state index contributed by atoms with van der Waals surface area (Å²) in [5.41, 5.74) is 3.90. The Kier molecular flexibility index (Phi) is 3.41. The summed E-state index contributed by atoms with van der Waals surface area (Å²) in [5, 5.41) is 15.2. The van der Waals surface area contributed by atoms with Gasteiger partial charge in [0.1, 0.15) is 5.65 Å². The minimum Gasteiger partial charge on any atom is -0.387 e. The minimum absolute atomic E-state index is 0.548. The van der Waals surface area contributed by atoms with Crippen LogP contribution >= 0.6 is 0 Å². The predicted octanol–water partition coefficient (Wildman–Crippen LogP) is 2.74. The number of nitrogens with zero attached hydrogens (tertiary/aromatic N) is 1. The molecule has 0 spiro atoms. The standard InChI is InChI=1S/C15H19N5/c1-17-13(5-7-16)12-9-19-15-11(6-8-18-15)14(12)20-10-3-2-4-10/h5-10,16-17H,2-4H2,1H3,(H2,18,19,20)/b13-5-,16-7?. The maximum Gasteiger partial charge on any atom is 0.139 e. The van der Waals surface area contributed by atoms with Gasteiger partial charge in [-0.2, -0.15) is 0 Å². The zero-order valence-electron chi connectivity index (χ0n) is 11.5. The Morgan fingerprint density at radius 1 is 1.50 bits per heavy atom. The summed E-state index contributed by atoms with van der Waals surface area (Å²) in [6, 6.07) is 2.59. The zero-order valence-corrected chi connectivity index (χ0v) is 11.5. The van der Waals surface area contributed by atoms with Crippen LogP contribution in [0, 0.1) is 5.41 Å². The number of nitrogens with one attached hydrogen (secondary N) is 4. The quantitative estimate of drug-likeness (QED) is 0.630. The summed E-state index contributed by atoms with van der Waals surface area (Å²) >= 11 is 0. The molecule has 0 bridgehead atoms. The Bertz CT molecular complexity index is 651. The Balaban J connectivity index is 2.11. The van der Waals surface area contributed by atoms with Gasteiger partial charge in [0.2, 0.25) is 0 Å². The predicted molar refractivity (Wildman–Crippen MR) is 83.2 cm³/mol. The number of fused-ring (bicyclic) bond motifs is 1. The van der Waals surface area contributed by atoms with Crippen LogP contribution in [-0.2, 0) is 0 Å². The first-order valence-corrected chi connectivity index (χ1v) is 6.95. The fraction of sp³-hybridized carbons (Fsp3) is 0.333. The number of anilines is 1. The van der Waals surface area contributed by atoms with Crippen LogP contribution in [0.4, 0.5) is 5.69 Å². The number of rotatable bonds is 5. The van der Waals surface area contributed by atoms with Crippen LogP contribution in [0.1, 0.15) is 24.8 Å². The summed E-state index contributed by atoms with van der Waals surface area (Å²) < 4.78 is 0. The molecular formula is C15H19N5. The van der Waals surface area contributed by atoms with Crippen LogP contribution in [-0.4, -0.2) is 29.3 Å². The third-order valence-electron chi connectivity index (χ3n) is 3.85. The molecule has 104 valence electrons. The molecule has 0 amide bonds. The number of pyridine rings is 1. The molecule has 0 aliphatic heterocycles. The van der Waals surface area contributed by atoms with Crippen molar-refractivity contribution in [3.05, 3.63) is 30.1 Å². The number of H-pyrrole nitrogens is 1. The number of hydrogen-bond donors (Lipinski definition) is 4. The highest BCUT2D eigenvalue weighted by molar-refractivity contribution is 5.97. The maximum atomic E-state index is 7.29. The van der Waals surface area contributed by atoms with E-state index in [1.165, 1.54) is 25.5 Å². The largest absolute Gasteiger partial charge is 0.387 e. The lowest BCUT2D eigenvalue weighted by Gasteiger charge is -2.29. The van der Waals surface area contributed by atoms with Gasteiger partial charge < -0.3 is 21.0 Å². The molecule has 5 heteroatoms. The number of allylic oxidation sites excluding steroid dienone is 1. The van der Waals surface area contributed by atoms with Crippen LogP contribution < -0.4 is 10.6 Å². The van der Waals surface area contributed by atoms with Gasteiger partial charge in [-0.15, -0.1) is 0 Å². The van der Waals surface area contributed by atoms with E-state index in [-0.39, 0.29) is 0 Å². The number of aromatic nitrogens is 2. The van der Waals surface area contributed by atoms with E-state index in [1.54, 1.807) is 6.08 Å². The van der Waals surface area contributed by atoms with Crippen LogP contribution in [0.5, 0.6) is 0 Å². The second-order valence-electron chi connectivity index (χ2n) is 5.06. The molecule has 0 saturated heterocycles. The molecular weight excluding hydrogens is 250 g/mol. The van der Waals surface area contributed by atoms with Crippen molar-refractivity contribution >= 4 is 28.6 Å². The molecule has 1 saturated carbocycles. The maximum absolute atomic E-state index is 7.29. The molecule has 0 radical (unpaired) electrons. The van der Waals surface area contributed by atoms with Gasteiger partial charge in [-0.25, -0.2) is 4.98 Å². The van der Waals surface area contributed by atoms with Gasteiger partial charge in [-0.1, -0.05) is 0 Å². The molecule has 1 aliphatic rings. The second-order valence-corrected chi connectivity index (χ2v) is 5.06. The van der Waals surface area contributed by atoms with Gasteiger partial charge in [-0.05, 0) is 31.4 Å². The van der Waals surface area contributed by atoms with Gasteiger partial charge in [0, 0.05) is 48.3 Å². The monoisotopic (exact) mass is 269 g/mol. The van der Waals surface area contributed by atoms with Crippen LogP contribution in [0.25, 0.3) is 16.7 Å². The van der Waals surface area contributed by atoms with E-state index in [1.807, 2.05) is 25.5 Å². The Hall–Kier alpha value is -2.30. The van der Waals surface area contributed by atoms with E-state index < -0.39 is 0 Å². The Morgan fingerprint density at radius 3 is 3.00 bits per heavy atom. The van der Waals surface area contributed by atoms with E-state index in [9.17, 15) is 0 Å². The first-order chi connectivity index (χ1) is 9.83. The van der Waals surface area contributed by atoms with Crippen molar-refractivity contribution in [1.82, 2.24) is 15.3 Å². The highest BCUT2D eigenvalue weighted by Crippen LogP contribution is 2.32. The normalized spacial score (nSPS) is 15.9. The molecule has 5 nitrogen and oxygen atoms in total. The first kappa shape index (κ1) is 12.7. The highest BCUT2D eigenvalue weighted by atomic mass is 15.0. The van der Waals surface area contributed by atoms with E-state index in [4.69, 9.17) is 5.41 Å². The molecule has 2 heterocycles. The fourth-order valence-corrected chi connectivity index (χ4v) is 2.52. The molecule has 0 aromatic carbocycles. The minimum atomic E-state index is 0.548. The number of hydrogen-bond acceptors (Lipinski definition) is 4. The number of aromatic amines is 1. The molecule has 4 N–H and O–H groups in total. The average Bonchev–Trinajstić information content (AvgIpc) is 2.88. The first-order valence-electron chi connectivity index (χ1n) is 6.95. The molecule has 0 unspecified atom stereocenters. The smallest absolute Gasteiger partial charge is 0.139 e. The summed E-state index contributed by atoms with van der Waals surface area (Å²) in [6.45, 7) is 0. The average molecular weight is 269 g/mol. The van der Waals surface area contributed by atoms with Crippen molar-refractivity contribution in [2.45, 2.75) is 25.3 Å². The molecule has 20 heavy (non-hydrogen) atoms. The van der Waals surface area contributed by atoms with E-state index in [0.29, 0.717) is 6.04 Å². The van der Waals surface area contributed by atoms with E-state index in [0.717, 1.165) is 28.0 Å². The van der Waals surface area contributed by atoms with Crippen molar-refractivity contribution in [3.63, 3.8) is 0 Å². The highest BCUT2D eigenvalue weighted by Gasteiger charge is 2.21. The molecule has 2 aromatic heterocycles. The summed E-state index contributed by atoms with van der Waals surface area (Å²) in [6.07, 6.45) is 10.5. The third-order valence-corrected chi connectivity index (χ3v) is 3.85. The van der Waals surface area contributed by atoms with Gasteiger partial charge in [0.15, 0.2) is 0 Å². The van der Waals surface area contributed by atoms with Crippen molar-refractivity contribution in [1.29, 1.82) is 5.41 Å². The SMILES string of the molecule is CN/C(=C\C=N)c1cnc2[nH]ccc2c1NC1CCC1. The van der Waals surface area contributed by atoms with Gasteiger partial charge in [0.05, 0.1) is 5.69 Å². The van der Waals surface area contributed by atoms with Crippen molar-refractivity contribution < 1.29 is 0 Å². The molecule has 2 aromatic rings. The topological polar surface area (TPSA) is 76.6 Å². The zero-order chi connectivity index (χ0) is 13.9. The molecule has 3 rings (SSSR count). The summed E-state index contributed by atoms with van der Waals surface area (Å²) in [7, 11) is 1.86. The lowest BCUT2D eigenvalue weighted by atomic mass is 9.92.